The quantitative estimate of drug-likeness (QED) is 0.744. The van der Waals surface area contributed by atoms with E-state index in [1.807, 2.05) is 0 Å². The van der Waals surface area contributed by atoms with Crippen molar-refractivity contribution in [2.24, 2.45) is 0 Å². The third-order valence-electron chi connectivity index (χ3n) is 2.60. The Morgan fingerprint density at radius 2 is 1.86 bits per heavy atom. The van der Waals surface area contributed by atoms with E-state index in [0.29, 0.717) is 0 Å². The van der Waals surface area contributed by atoms with Crippen LogP contribution in [0.1, 0.15) is 19.3 Å². The van der Waals surface area contributed by atoms with Gasteiger partial charge >= 0.3 is 0 Å². The SMILES string of the molecule is Fc1ccc(Br)c(N2CCCCC2)c1. The standard InChI is InChI=1S/C11H13BrFN/c12-10-5-4-9(13)8-11(10)14-6-2-1-3-7-14/h4-5,8H,1-3,6-7H2. The fourth-order valence-electron chi connectivity index (χ4n) is 1.86. The molecule has 0 aliphatic carbocycles. The number of piperidine rings is 1. The van der Waals surface area contributed by atoms with Crippen LogP contribution in [0.4, 0.5) is 10.1 Å². The Bertz CT molecular complexity index is 321. The molecule has 0 radical (unpaired) electrons. The van der Waals surface area contributed by atoms with E-state index in [9.17, 15) is 4.39 Å². The molecule has 0 saturated carbocycles. The van der Waals surface area contributed by atoms with E-state index in [4.69, 9.17) is 0 Å². The van der Waals surface area contributed by atoms with Gasteiger partial charge in [0.15, 0.2) is 0 Å². The van der Waals surface area contributed by atoms with Crippen molar-refractivity contribution in [3.05, 3.63) is 28.5 Å². The highest BCUT2D eigenvalue weighted by atomic mass is 79.9. The maximum Gasteiger partial charge on any atom is 0.125 e. The van der Waals surface area contributed by atoms with Gasteiger partial charge in [-0.15, -0.1) is 0 Å². The lowest BCUT2D eigenvalue weighted by atomic mass is 10.1. The van der Waals surface area contributed by atoms with Crippen LogP contribution in [0.3, 0.4) is 0 Å². The molecule has 1 nitrogen and oxygen atoms in total. The van der Waals surface area contributed by atoms with E-state index in [-0.39, 0.29) is 5.82 Å². The van der Waals surface area contributed by atoms with Crippen molar-refractivity contribution in [2.45, 2.75) is 19.3 Å². The van der Waals surface area contributed by atoms with E-state index in [2.05, 4.69) is 20.8 Å². The molecule has 0 N–H and O–H groups in total. The molecule has 1 aromatic rings. The first-order valence-corrected chi connectivity index (χ1v) is 5.77. The molecule has 0 bridgehead atoms. The first-order valence-electron chi connectivity index (χ1n) is 4.97. The monoisotopic (exact) mass is 257 g/mol. The molecule has 1 aliphatic heterocycles. The topological polar surface area (TPSA) is 3.24 Å². The summed E-state index contributed by atoms with van der Waals surface area (Å²) in [6, 6.07) is 4.87. The van der Waals surface area contributed by atoms with Crippen LogP contribution in [-0.4, -0.2) is 13.1 Å². The predicted molar refractivity (Wildman–Crippen MR) is 60.2 cm³/mol. The van der Waals surface area contributed by atoms with Crippen LogP contribution >= 0.6 is 15.9 Å². The lowest BCUT2D eigenvalue weighted by Gasteiger charge is -2.29. The van der Waals surface area contributed by atoms with E-state index in [1.54, 1.807) is 12.1 Å². The van der Waals surface area contributed by atoms with Crippen molar-refractivity contribution >= 4 is 21.6 Å². The summed E-state index contributed by atoms with van der Waals surface area (Å²) in [5, 5.41) is 0. The minimum absolute atomic E-state index is 0.159. The predicted octanol–water partition coefficient (Wildman–Crippen LogP) is 3.58. The van der Waals surface area contributed by atoms with E-state index in [1.165, 1.54) is 25.3 Å². The van der Waals surface area contributed by atoms with Crippen LogP contribution in [0, 0.1) is 5.82 Å². The van der Waals surface area contributed by atoms with Crippen molar-refractivity contribution < 1.29 is 4.39 Å². The molecular formula is C11H13BrFN. The minimum atomic E-state index is -0.159. The fourth-order valence-corrected chi connectivity index (χ4v) is 2.36. The van der Waals surface area contributed by atoms with Crippen molar-refractivity contribution in [3.8, 4) is 0 Å². The van der Waals surface area contributed by atoms with Crippen LogP contribution < -0.4 is 4.90 Å². The highest BCUT2D eigenvalue weighted by Gasteiger charge is 2.13. The third kappa shape index (κ3) is 2.08. The Hall–Kier alpha value is -0.570. The number of hydrogen-bond donors (Lipinski definition) is 0. The van der Waals surface area contributed by atoms with Crippen LogP contribution in [-0.2, 0) is 0 Å². The van der Waals surface area contributed by atoms with Crippen molar-refractivity contribution in [1.82, 2.24) is 0 Å². The van der Waals surface area contributed by atoms with Gasteiger partial charge in [-0.05, 0) is 53.4 Å². The van der Waals surface area contributed by atoms with E-state index in [0.717, 1.165) is 23.2 Å². The second-order valence-electron chi connectivity index (χ2n) is 3.64. The zero-order valence-electron chi connectivity index (χ0n) is 7.97. The Balaban J connectivity index is 2.24. The van der Waals surface area contributed by atoms with Crippen LogP contribution in [0.25, 0.3) is 0 Å². The van der Waals surface area contributed by atoms with E-state index < -0.39 is 0 Å². The smallest absolute Gasteiger partial charge is 0.125 e. The Kier molecular flexibility index (Phi) is 3.06. The molecule has 76 valence electrons. The van der Waals surface area contributed by atoms with Crippen molar-refractivity contribution in [2.75, 3.05) is 18.0 Å². The fraction of sp³-hybridized carbons (Fsp3) is 0.455. The first-order chi connectivity index (χ1) is 6.77. The lowest BCUT2D eigenvalue weighted by molar-refractivity contribution is 0.573. The number of hydrogen-bond acceptors (Lipinski definition) is 1. The summed E-state index contributed by atoms with van der Waals surface area (Å²) in [6.07, 6.45) is 3.72. The Morgan fingerprint density at radius 3 is 2.57 bits per heavy atom. The van der Waals surface area contributed by atoms with Gasteiger partial charge in [0.25, 0.3) is 0 Å². The Labute approximate surface area is 92.0 Å². The highest BCUT2D eigenvalue weighted by Crippen LogP contribution is 2.29. The molecule has 2 rings (SSSR count). The van der Waals surface area contributed by atoms with Gasteiger partial charge in [0.2, 0.25) is 0 Å². The molecular weight excluding hydrogens is 245 g/mol. The summed E-state index contributed by atoms with van der Waals surface area (Å²) in [5.74, 6) is -0.159. The number of halogens is 2. The molecule has 1 aromatic carbocycles. The van der Waals surface area contributed by atoms with Crippen LogP contribution in [0.2, 0.25) is 0 Å². The second kappa shape index (κ2) is 4.30. The molecule has 0 unspecified atom stereocenters. The second-order valence-corrected chi connectivity index (χ2v) is 4.50. The summed E-state index contributed by atoms with van der Waals surface area (Å²) >= 11 is 3.46. The number of nitrogens with zero attached hydrogens (tertiary/aromatic N) is 1. The summed E-state index contributed by atoms with van der Waals surface area (Å²) < 4.78 is 14.0. The van der Waals surface area contributed by atoms with Gasteiger partial charge in [-0.3, -0.25) is 0 Å². The highest BCUT2D eigenvalue weighted by molar-refractivity contribution is 9.10. The van der Waals surface area contributed by atoms with Gasteiger partial charge in [0.1, 0.15) is 5.82 Å². The maximum absolute atomic E-state index is 13.1. The molecule has 0 aromatic heterocycles. The molecule has 1 aliphatic rings. The molecule has 0 atom stereocenters. The summed E-state index contributed by atoms with van der Waals surface area (Å²) in [7, 11) is 0. The summed E-state index contributed by atoms with van der Waals surface area (Å²) in [4.78, 5) is 2.25. The molecule has 1 fully saturated rings. The average molecular weight is 258 g/mol. The van der Waals surface area contributed by atoms with Crippen molar-refractivity contribution in [1.29, 1.82) is 0 Å². The minimum Gasteiger partial charge on any atom is -0.371 e. The maximum atomic E-state index is 13.1. The lowest BCUT2D eigenvalue weighted by Crippen LogP contribution is -2.29. The third-order valence-corrected chi connectivity index (χ3v) is 3.28. The average Bonchev–Trinajstić information content (AvgIpc) is 2.23. The van der Waals surface area contributed by atoms with Gasteiger partial charge in [-0.2, -0.15) is 0 Å². The number of anilines is 1. The van der Waals surface area contributed by atoms with Crippen LogP contribution in [0.15, 0.2) is 22.7 Å². The summed E-state index contributed by atoms with van der Waals surface area (Å²) in [5.41, 5.74) is 0.990. The summed E-state index contributed by atoms with van der Waals surface area (Å²) in [6.45, 7) is 2.09. The van der Waals surface area contributed by atoms with Gasteiger partial charge in [0, 0.05) is 17.6 Å². The Morgan fingerprint density at radius 1 is 1.14 bits per heavy atom. The number of benzene rings is 1. The zero-order valence-corrected chi connectivity index (χ0v) is 9.56. The van der Waals surface area contributed by atoms with Gasteiger partial charge in [0.05, 0.1) is 5.69 Å². The molecule has 14 heavy (non-hydrogen) atoms. The molecule has 0 amide bonds. The first kappa shape index (κ1) is 9.97. The molecule has 0 spiro atoms. The van der Waals surface area contributed by atoms with Crippen LogP contribution in [0.5, 0.6) is 0 Å². The number of rotatable bonds is 1. The normalized spacial score (nSPS) is 17.1. The zero-order chi connectivity index (χ0) is 9.97. The van der Waals surface area contributed by atoms with Gasteiger partial charge < -0.3 is 4.90 Å². The molecule has 1 saturated heterocycles. The van der Waals surface area contributed by atoms with Gasteiger partial charge in [-0.1, -0.05) is 0 Å². The van der Waals surface area contributed by atoms with Crippen molar-refractivity contribution in [3.63, 3.8) is 0 Å². The van der Waals surface area contributed by atoms with E-state index >= 15 is 0 Å². The molecule has 3 heteroatoms. The largest absolute Gasteiger partial charge is 0.371 e. The molecule has 1 heterocycles. The van der Waals surface area contributed by atoms with Gasteiger partial charge in [-0.25, -0.2) is 4.39 Å².